The van der Waals surface area contributed by atoms with Crippen molar-refractivity contribution in [1.29, 1.82) is 0 Å². The Bertz CT molecular complexity index is 534. The predicted molar refractivity (Wildman–Crippen MR) is 97.9 cm³/mol. The van der Waals surface area contributed by atoms with Crippen LogP contribution >= 0.6 is 24.0 Å². The minimum absolute atomic E-state index is 0. The second-order valence-electron chi connectivity index (χ2n) is 5.09. The Hall–Kier alpha value is -1.51. The number of guanidine groups is 1. The first-order chi connectivity index (χ1) is 10.1. The molecule has 1 amide bonds. The van der Waals surface area contributed by atoms with E-state index in [9.17, 15) is 4.79 Å². The molecule has 2 rings (SSSR count). The topological polar surface area (TPSA) is 66.0 Å². The maximum absolute atomic E-state index is 11.6. The van der Waals surface area contributed by atoms with Gasteiger partial charge in [0.15, 0.2) is 5.96 Å². The zero-order valence-corrected chi connectivity index (χ0v) is 15.5. The van der Waals surface area contributed by atoms with Crippen molar-refractivity contribution in [1.82, 2.24) is 15.5 Å². The number of aliphatic imine (C=N–C) groups is 1. The number of halogens is 1. The van der Waals surface area contributed by atoms with Crippen LogP contribution in [0.5, 0.6) is 5.75 Å². The zero-order chi connectivity index (χ0) is 15.2. The van der Waals surface area contributed by atoms with Crippen LogP contribution in [0.25, 0.3) is 0 Å². The van der Waals surface area contributed by atoms with Crippen molar-refractivity contribution in [3.63, 3.8) is 0 Å². The van der Waals surface area contributed by atoms with E-state index in [4.69, 9.17) is 4.74 Å². The van der Waals surface area contributed by atoms with Crippen LogP contribution in [0.2, 0.25) is 0 Å². The molecule has 2 N–H and O–H groups in total. The molecule has 1 aliphatic rings. The van der Waals surface area contributed by atoms with E-state index in [1.165, 1.54) is 0 Å². The van der Waals surface area contributed by atoms with Gasteiger partial charge < -0.3 is 20.3 Å². The molecule has 1 aromatic rings. The summed E-state index contributed by atoms with van der Waals surface area (Å²) in [6.45, 7) is 0.889. The maximum Gasteiger partial charge on any atom is 0.241 e. The summed E-state index contributed by atoms with van der Waals surface area (Å²) < 4.78 is 5.64. The van der Waals surface area contributed by atoms with E-state index in [0.717, 1.165) is 17.7 Å². The van der Waals surface area contributed by atoms with E-state index in [2.05, 4.69) is 15.6 Å². The number of nitrogens with one attached hydrogen (secondary N) is 2. The Morgan fingerprint density at radius 1 is 1.41 bits per heavy atom. The number of hydrogen-bond donors (Lipinski definition) is 2. The van der Waals surface area contributed by atoms with E-state index in [1.54, 1.807) is 26.0 Å². The highest BCUT2D eigenvalue weighted by atomic mass is 127. The summed E-state index contributed by atoms with van der Waals surface area (Å²) in [4.78, 5) is 17.3. The molecule has 0 spiro atoms. The highest BCUT2D eigenvalue weighted by molar-refractivity contribution is 14.0. The summed E-state index contributed by atoms with van der Waals surface area (Å²) in [7, 11) is 5.16. The molecule has 22 heavy (non-hydrogen) atoms. The number of ether oxygens (including phenoxy) is 1. The molecule has 0 bridgehead atoms. The Morgan fingerprint density at radius 2 is 2.14 bits per heavy atom. The Morgan fingerprint density at radius 3 is 2.82 bits per heavy atom. The number of fused-ring (bicyclic) bond motifs is 1. The second-order valence-corrected chi connectivity index (χ2v) is 5.09. The van der Waals surface area contributed by atoms with Gasteiger partial charge in [0.25, 0.3) is 0 Å². The molecular formula is C15H23IN4O2. The fourth-order valence-corrected chi connectivity index (χ4v) is 2.17. The zero-order valence-electron chi connectivity index (χ0n) is 13.1. The van der Waals surface area contributed by atoms with Gasteiger partial charge in [-0.25, -0.2) is 0 Å². The molecular weight excluding hydrogens is 395 g/mol. The van der Waals surface area contributed by atoms with E-state index in [-0.39, 0.29) is 42.5 Å². The van der Waals surface area contributed by atoms with Crippen molar-refractivity contribution < 1.29 is 9.53 Å². The Balaban J connectivity index is 0.00000242. The summed E-state index contributed by atoms with van der Waals surface area (Å²) in [5.41, 5.74) is 1.12. The molecule has 0 fully saturated rings. The van der Waals surface area contributed by atoms with Crippen LogP contribution in [0.1, 0.15) is 18.0 Å². The van der Waals surface area contributed by atoms with E-state index < -0.39 is 0 Å². The Kier molecular flexibility index (Phi) is 7.43. The summed E-state index contributed by atoms with van der Waals surface area (Å²) in [6, 6.07) is 8.10. The van der Waals surface area contributed by atoms with Crippen LogP contribution < -0.4 is 15.4 Å². The number of rotatable bonds is 3. The van der Waals surface area contributed by atoms with Gasteiger partial charge in [-0.05, 0) is 6.07 Å². The molecule has 0 aromatic heterocycles. The largest absolute Gasteiger partial charge is 0.493 e. The lowest BCUT2D eigenvalue weighted by molar-refractivity contribution is -0.127. The molecule has 122 valence electrons. The molecule has 0 saturated carbocycles. The van der Waals surface area contributed by atoms with Crippen molar-refractivity contribution in [3.8, 4) is 5.75 Å². The normalized spacial score (nSPS) is 16.7. The van der Waals surface area contributed by atoms with Crippen LogP contribution in [-0.4, -0.2) is 51.1 Å². The lowest BCUT2D eigenvalue weighted by Crippen LogP contribution is -2.44. The summed E-state index contributed by atoms with van der Waals surface area (Å²) in [5.74, 6) is 1.53. The first kappa shape index (κ1) is 18.5. The standard InChI is InChI=1S/C15H22N4O2.HI/c1-16-15(17-10-14(20)19(2)3)18-12-8-9-21-13-7-5-4-6-11(12)13;/h4-7,12H,8-10H2,1-3H3,(H2,16,17,18);1H. The van der Waals surface area contributed by atoms with Crippen LogP contribution in [0.15, 0.2) is 29.3 Å². The highest BCUT2D eigenvalue weighted by Gasteiger charge is 2.21. The average Bonchev–Trinajstić information content (AvgIpc) is 2.51. The monoisotopic (exact) mass is 418 g/mol. The van der Waals surface area contributed by atoms with Crippen molar-refractivity contribution >= 4 is 35.8 Å². The van der Waals surface area contributed by atoms with Crippen LogP contribution in [0.4, 0.5) is 0 Å². The minimum atomic E-state index is 0. The summed E-state index contributed by atoms with van der Waals surface area (Å²) in [5, 5.41) is 6.38. The fraction of sp³-hybridized carbons (Fsp3) is 0.467. The number of carbonyl (C=O) groups is 1. The third-order valence-corrected chi connectivity index (χ3v) is 3.40. The molecule has 0 radical (unpaired) electrons. The fourth-order valence-electron chi connectivity index (χ4n) is 2.17. The van der Waals surface area contributed by atoms with Gasteiger partial charge in [-0.1, -0.05) is 18.2 Å². The second kappa shape index (κ2) is 8.82. The van der Waals surface area contributed by atoms with Gasteiger partial charge in [-0.3, -0.25) is 9.79 Å². The molecule has 1 heterocycles. The van der Waals surface area contributed by atoms with Gasteiger partial charge in [-0.15, -0.1) is 24.0 Å². The smallest absolute Gasteiger partial charge is 0.241 e. The van der Waals surface area contributed by atoms with Crippen LogP contribution in [0, 0.1) is 0 Å². The van der Waals surface area contributed by atoms with Gasteiger partial charge >= 0.3 is 0 Å². The molecule has 6 nitrogen and oxygen atoms in total. The van der Waals surface area contributed by atoms with E-state index >= 15 is 0 Å². The Labute approximate surface area is 148 Å². The molecule has 0 aliphatic carbocycles. The lowest BCUT2D eigenvalue weighted by atomic mass is 10.0. The quantitative estimate of drug-likeness (QED) is 0.443. The third-order valence-electron chi connectivity index (χ3n) is 3.40. The molecule has 1 unspecified atom stereocenters. The number of carbonyl (C=O) groups excluding carboxylic acids is 1. The van der Waals surface area contributed by atoms with Gasteiger partial charge in [0.1, 0.15) is 5.75 Å². The number of benzene rings is 1. The van der Waals surface area contributed by atoms with Gasteiger partial charge in [0, 0.05) is 33.1 Å². The van der Waals surface area contributed by atoms with Crippen molar-refractivity contribution in [2.24, 2.45) is 4.99 Å². The van der Waals surface area contributed by atoms with Crippen LogP contribution in [0.3, 0.4) is 0 Å². The average molecular weight is 418 g/mol. The van der Waals surface area contributed by atoms with E-state index in [0.29, 0.717) is 12.6 Å². The van der Waals surface area contributed by atoms with Crippen molar-refractivity contribution in [3.05, 3.63) is 29.8 Å². The van der Waals surface area contributed by atoms with Crippen LogP contribution in [-0.2, 0) is 4.79 Å². The lowest BCUT2D eigenvalue weighted by Gasteiger charge is -2.28. The van der Waals surface area contributed by atoms with Gasteiger partial charge in [0.2, 0.25) is 5.91 Å². The number of likely N-dealkylation sites (N-methyl/N-ethyl adjacent to an activating group) is 1. The number of hydrogen-bond acceptors (Lipinski definition) is 3. The highest BCUT2D eigenvalue weighted by Crippen LogP contribution is 2.31. The SMILES string of the molecule is CN=C(NCC(=O)N(C)C)NC1CCOc2ccccc21.I. The number of amides is 1. The maximum atomic E-state index is 11.6. The summed E-state index contributed by atoms with van der Waals surface area (Å²) >= 11 is 0. The number of para-hydroxylation sites is 1. The summed E-state index contributed by atoms with van der Waals surface area (Å²) in [6.07, 6.45) is 0.860. The third kappa shape index (κ3) is 4.75. The predicted octanol–water partition coefficient (Wildman–Crippen LogP) is 1.38. The van der Waals surface area contributed by atoms with Gasteiger partial charge in [0.05, 0.1) is 19.2 Å². The van der Waals surface area contributed by atoms with Gasteiger partial charge in [-0.2, -0.15) is 0 Å². The molecule has 0 saturated heterocycles. The molecule has 1 aliphatic heterocycles. The first-order valence-electron chi connectivity index (χ1n) is 7.01. The molecule has 1 aromatic carbocycles. The first-order valence-corrected chi connectivity index (χ1v) is 7.01. The molecule has 7 heteroatoms. The molecule has 1 atom stereocenters. The van der Waals surface area contributed by atoms with E-state index in [1.807, 2.05) is 24.3 Å². The minimum Gasteiger partial charge on any atom is -0.493 e. The van der Waals surface area contributed by atoms with Crippen molar-refractivity contribution in [2.75, 3.05) is 34.3 Å². The number of nitrogens with zero attached hydrogens (tertiary/aromatic N) is 2. The van der Waals surface area contributed by atoms with Crippen molar-refractivity contribution in [2.45, 2.75) is 12.5 Å².